The Hall–Kier alpha value is -1.81. The van der Waals surface area contributed by atoms with Crippen molar-refractivity contribution in [2.75, 3.05) is 6.61 Å². The fraction of sp³-hybridized carbons (Fsp3) is 0.357. The van der Waals surface area contributed by atoms with Crippen molar-refractivity contribution >= 4 is 0 Å². The topological polar surface area (TPSA) is 47.3 Å². The highest BCUT2D eigenvalue weighted by Gasteiger charge is 2.05. The van der Waals surface area contributed by atoms with E-state index in [9.17, 15) is 0 Å². The number of aliphatic hydroxyl groups is 1. The number of hydrogen-bond donors (Lipinski definition) is 1. The number of rotatable bonds is 6. The molecule has 0 saturated heterocycles. The van der Waals surface area contributed by atoms with Crippen LogP contribution in [0.15, 0.2) is 36.8 Å². The second-order valence-corrected chi connectivity index (χ2v) is 4.04. The Morgan fingerprint density at radius 1 is 1.33 bits per heavy atom. The summed E-state index contributed by atoms with van der Waals surface area (Å²) in [5.74, 6) is 0.829. The molecule has 0 bridgehead atoms. The Morgan fingerprint density at radius 3 is 2.94 bits per heavy atom. The quantitative estimate of drug-likeness (QED) is 0.848. The van der Waals surface area contributed by atoms with E-state index in [-0.39, 0.29) is 6.61 Å². The predicted molar refractivity (Wildman–Crippen MR) is 69.5 cm³/mol. The lowest BCUT2D eigenvalue weighted by Crippen LogP contribution is -2.05. The first kappa shape index (κ1) is 12.6. The van der Waals surface area contributed by atoms with Gasteiger partial charge in [0.2, 0.25) is 0 Å². The predicted octanol–water partition coefficient (Wildman–Crippen LogP) is 2.02. The zero-order valence-corrected chi connectivity index (χ0v) is 10.5. The van der Waals surface area contributed by atoms with Gasteiger partial charge in [0, 0.05) is 13.2 Å². The summed E-state index contributed by atoms with van der Waals surface area (Å²) >= 11 is 0. The number of hydrogen-bond acceptors (Lipinski definition) is 3. The summed E-state index contributed by atoms with van der Waals surface area (Å²) < 4.78 is 7.85. The van der Waals surface area contributed by atoms with Crippen LogP contribution in [-0.4, -0.2) is 21.3 Å². The van der Waals surface area contributed by atoms with Crippen molar-refractivity contribution in [3.05, 3.63) is 48.0 Å². The zero-order valence-electron chi connectivity index (χ0n) is 10.5. The van der Waals surface area contributed by atoms with Crippen LogP contribution in [0.2, 0.25) is 0 Å². The molecule has 0 aliphatic rings. The summed E-state index contributed by atoms with van der Waals surface area (Å²) in [7, 11) is 0. The highest BCUT2D eigenvalue weighted by Crippen LogP contribution is 2.19. The standard InChI is InChI=1S/C14H18N2O2/c1-2-16-11-15-9-13(16)10-18-14-6-4-3-5-12(14)7-8-17/h3-6,9,11,17H,2,7-8,10H2,1H3. The Kier molecular flexibility index (Phi) is 4.36. The van der Waals surface area contributed by atoms with Crippen LogP contribution in [0.4, 0.5) is 0 Å². The molecule has 0 unspecified atom stereocenters. The summed E-state index contributed by atoms with van der Waals surface area (Å²) in [5.41, 5.74) is 2.08. The van der Waals surface area contributed by atoms with Crippen LogP contribution in [0.1, 0.15) is 18.2 Å². The summed E-state index contributed by atoms with van der Waals surface area (Å²) in [5, 5.41) is 9.01. The van der Waals surface area contributed by atoms with E-state index < -0.39 is 0 Å². The molecule has 4 heteroatoms. The third kappa shape index (κ3) is 2.90. The van der Waals surface area contributed by atoms with Gasteiger partial charge in [-0.2, -0.15) is 0 Å². The number of aromatic nitrogens is 2. The van der Waals surface area contributed by atoms with Crippen molar-refractivity contribution in [3.8, 4) is 5.75 Å². The molecule has 2 aromatic rings. The second kappa shape index (κ2) is 6.21. The summed E-state index contributed by atoms with van der Waals surface area (Å²) in [4.78, 5) is 4.11. The number of imidazole rings is 1. The molecule has 18 heavy (non-hydrogen) atoms. The van der Waals surface area contributed by atoms with Crippen LogP contribution in [-0.2, 0) is 19.6 Å². The summed E-state index contributed by atoms with van der Waals surface area (Å²) in [6, 6.07) is 7.79. The number of ether oxygens (including phenoxy) is 1. The van der Waals surface area contributed by atoms with Crippen molar-refractivity contribution in [1.82, 2.24) is 9.55 Å². The lowest BCUT2D eigenvalue weighted by atomic mass is 10.1. The monoisotopic (exact) mass is 246 g/mol. The number of aliphatic hydroxyl groups excluding tert-OH is 1. The fourth-order valence-electron chi connectivity index (χ4n) is 1.88. The molecule has 1 aromatic carbocycles. The van der Waals surface area contributed by atoms with Gasteiger partial charge in [0.05, 0.1) is 18.2 Å². The highest BCUT2D eigenvalue weighted by molar-refractivity contribution is 5.33. The van der Waals surface area contributed by atoms with Crippen molar-refractivity contribution in [1.29, 1.82) is 0 Å². The summed E-state index contributed by atoms with van der Waals surface area (Å²) in [6.45, 7) is 3.59. The van der Waals surface area contributed by atoms with E-state index in [1.165, 1.54) is 0 Å². The first-order chi connectivity index (χ1) is 8.85. The van der Waals surface area contributed by atoms with Crippen molar-refractivity contribution in [3.63, 3.8) is 0 Å². The molecule has 96 valence electrons. The molecule has 0 radical (unpaired) electrons. The Morgan fingerprint density at radius 2 is 2.17 bits per heavy atom. The lowest BCUT2D eigenvalue weighted by molar-refractivity contribution is 0.279. The van der Waals surface area contributed by atoms with E-state index >= 15 is 0 Å². The zero-order chi connectivity index (χ0) is 12.8. The molecule has 2 rings (SSSR count). The maximum Gasteiger partial charge on any atom is 0.130 e. The van der Waals surface area contributed by atoms with Crippen LogP contribution < -0.4 is 4.74 Å². The van der Waals surface area contributed by atoms with Crippen LogP contribution in [0.25, 0.3) is 0 Å². The molecule has 4 nitrogen and oxygen atoms in total. The van der Waals surface area contributed by atoms with Crippen LogP contribution in [0.5, 0.6) is 5.75 Å². The van der Waals surface area contributed by atoms with Gasteiger partial charge in [0.15, 0.2) is 0 Å². The Bertz CT molecular complexity index is 494. The van der Waals surface area contributed by atoms with Gasteiger partial charge in [-0.05, 0) is 25.0 Å². The van der Waals surface area contributed by atoms with Gasteiger partial charge in [-0.15, -0.1) is 0 Å². The Balaban J connectivity index is 2.06. The van der Waals surface area contributed by atoms with E-state index in [4.69, 9.17) is 9.84 Å². The summed E-state index contributed by atoms with van der Waals surface area (Å²) in [6.07, 6.45) is 4.24. The smallest absolute Gasteiger partial charge is 0.130 e. The maximum atomic E-state index is 9.01. The molecular weight excluding hydrogens is 228 g/mol. The molecule has 0 saturated carbocycles. The minimum absolute atomic E-state index is 0.132. The van der Waals surface area contributed by atoms with E-state index in [2.05, 4.69) is 16.5 Å². The van der Waals surface area contributed by atoms with Gasteiger partial charge in [0.1, 0.15) is 12.4 Å². The number of benzene rings is 1. The minimum Gasteiger partial charge on any atom is -0.487 e. The van der Waals surface area contributed by atoms with E-state index in [1.807, 2.05) is 30.5 Å². The van der Waals surface area contributed by atoms with E-state index in [0.29, 0.717) is 13.0 Å². The normalized spacial score (nSPS) is 10.6. The lowest BCUT2D eigenvalue weighted by Gasteiger charge is -2.11. The number of para-hydroxylation sites is 1. The highest BCUT2D eigenvalue weighted by atomic mass is 16.5. The molecule has 1 aromatic heterocycles. The third-order valence-corrected chi connectivity index (χ3v) is 2.87. The molecule has 1 N–H and O–H groups in total. The van der Waals surface area contributed by atoms with Crippen LogP contribution in [0.3, 0.4) is 0 Å². The van der Waals surface area contributed by atoms with Crippen LogP contribution >= 0.6 is 0 Å². The van der Waals surface area contributed by atoms with E-state index in [1.54, 1.807) is 6.33 Å². The fourth-order valence-corrected chi connectivity index (χ4v) is 1.88. The second-order valence-electron chi connectivity index (χ2n) is 4.04. The van der Waals surface area contributed by atoms with Gasteiger partial charge in [-0.1, -0.05) is 18.2 Å². The molecule has 0 aliphatic carbocycles. The molecule has 0 fully saturated rings. The van der Waals surface area contributed by atoms with E-state index in [0.717, 1.165) is 23.6 Å². The van der Waals surface area contributed by atoms with Gasteiger partial charge in [0.25, 0.3) is 0 Å². The number of nitrogens with zero attached hydrogens (tertiary/aromatic N) is 2. The van der Waals surface area contributed by atoms with Gasteiger partial charge in [-0.25, -0.2) is 4.98 Å². The van der Waals surface area contributed by atoms with Crippen LogP contribution in [0, 0.1) is 0 Å². The van der Waals surface area contributed by atoms with Crippen molar-refractivity contribution in [2.45, 2.75) is 26.5 Å². The van der Waals surface area contributed by atoms with Crippen molar-refractivity contribution in [2.24, 2.45) is 0 Å². The van der Waals surface area contributed by atoms with Gasteiger partial charge >= 0.3 is 0 Å². The van der Waals surface area contributed by atoms with Gasteiger partial charge in [-0.3, -0.25) is 0 Å². The molecule has 0 amide bonds. The molecule has 1 heterocycles. The maximum absolute atomic E-state index is 9.01. The average molecular weight is 246 g/mol. The molecule has 0 spiro atoms. The third-order valence-electron chi connectivity index (χ3n) is 2.87. The first-order valence-corrected chi connectivity index (χ1v) is 6.15. The SMILES string of the molecule is CCn1cncc1COc1ccccc1CCO. The molecular formula is C14H18N2O2. The Labute approximate surface area is 107 Å². The number of aryl methyl sites for hydroxylation is 1. The molecule has 0 atom stereocenters. The first-order valence-electron chi connectivity index (χ1n) is 6.15. The minimum atomic E-state index is 0.132. The van der Waals surface area contributed by atoms with Crippen molar-refractivity contribution < 1.29 is 9.84 Å². The molecule has 0 aliphatic heterocycles. The average Bonchev–Trinajstić information content (AvgIpc) is 2.85. The largest absolute Gasteiger partial charge is 0.487 e. The van der Waals surface area contributed by atoms with Gasteiger partial charge < -0.3 is 14.4 Å².